The standard InChI is InChI=1S/C7H8N4.C2H6/c1-2-6-9-10-7-8-4-3-5-11(6)7;1-2/h3-5H,2H2,1H3;1-2H3. The summed E-state index contributed by atoms with van der Waals surface area (Å²) in [6.07, 6.45) is 4.51. The number of fused-ring (bicyclic) bond motifs is 1. The van der Waals surface area contributed by atoms with Crippen molar-refractivity contribution in [3.8, 4) is 0 Å². The molecule has 0 unspecified atom stereocenters. The topological polar surface area (TPSA) is 43.1 Å². The summed E-state index contributed by atoms with van der Waals surface area (Å²) in [5, 5.41) is 7.86. The molecule has 0 atom stereocenters. The second kappa shape index (κ2) is 4.54. The molecule has 2 aromatic heterocycles. The van der Waals surface area contributed by atoms with Crippen molar-refractivity contribution in [2.75, 3.05) is 0 Å². The molecule has 70 valence electrons. The summed E-state index contributed by atoms with van der Waals surface area (Å²) in [4.78, 5) is 4.04. The maximum absolute atomic E-state index is 4.04. The van der Waals surface area contributed by atoms with Crippen LogP contribution in [0.3, 0.4) is 0 Å². The molecule has 0 spiro atoms. The Bertz CT molecular complexity index is 366. The van der Waals surface area contributed by atoms with Gasteiger partial charge in [0.1, 0.15) is 5.82 Å². The van der Waals surface area contributed by atoms with Crippen LogP contribution in [0, 0.1) is 0 Å². The van der Waals surface area contributed by atoms with Crippen LogP contribution in [0.25, 0.3) is 5.78 Å². The van der Waals surface area contributed by atoms with Gasteiger partial charge in [0.25, 0.3) is 5.78 Å². The number of aryl methyl sites for hydroxylation is 1. The van der Waals surface area contributed by atoms with Crippen molar-refractivity contribution in [1.29, 1.82) is 0 Å². The Hall–Kier alpha value is -1.45. The number of hydrogen-bond donors (Lipinski definition) is 0. The summed E-state index contributed by atoms with van der Waals surface area (Å²) >= 11 is 0. The minimum atomic E-state index is 0.671. The predicted octanol–water partition coefficient (Wildman–Crippen LogP) is 1.71. The molecule has 2 aromatic rings. The zero-order valence-corrected chi connectivity index (χ0v) is 8.23. The van der Waals surface area contributed by atoms with E-state index in [0.29, 0.717) is 5.78 Å². The largest absolute Gasteiger partial charge is 0.270 e. The van der Waals surface area contributed by atoms with E-state index in [2.05, 4.69) is 15.2 Å². The van der Waals surface area contributed by atoms with E-state index in [9.17, 15) is 0 Å². The van der Waals surface area contributed by atoms with E-state index in [1.165, 1.54) is 0 Å². The third-order valence-electron chi connectivity index (χ3n) is 1.58. The van der Waals surface area contributed by atoms with Crippen LogP contribution < -0.4 is 0 Å². The van der Waals surface area contributed by atoms with Crippen molar-refractivity contribution in [2.24, 2.45) is 0 Å². The van der Waals surface area contributed by atoms with Crippen LogP contribution in [0.1, 0.15) is 26.6 Å². The summed E-state index contributed by atoms with van der Waals surface area (Å²) in [6, 6.07) is 1.87. The smallest absolute Gasteiger partial charge is 0.254 e. The second-order valence-corrected chi connectivity index (χ2v) is 2.26. The van der Waals surface area contributed by atoms with Crippen LogP contribution in [0.2, 0.25) is 0 Å². The lowest BCUT2D eigenvalue weighted by Crippen LogP contribution is -1.91. The lowest BCUT2D eigenvalue weighted by molar-refractivity contribution is 0.907. The van der Waals surface area contributed by atoms with E-state index in [1.54, 1.807) is 6.20 Å². The van der Waals surface area contributed by atoms with Crippen LogP contribution in [-0.2, 0) is 6.42 Å². The first-order chi connectivity index (χ1) is 6.42. The molecule has 13 heavy (non-hydrogen) atoms. The summed E-state index contributed by atoms with van der Waals surface area (Å²) in [7, 11) is 0. The lowest BCUT2D eigenvalue weighted by Gasteiger charge is -1.91. The van der Waals surface area contributed by atoms with Gasteiger partial charge in [-0.15, -0.1) is 10.2 Å². The zero-order valence-electron chi connectivity index (χ0n) is 8.23. The Morgan fingerprint density at radius 3 is 2.77 bits per heavy atom. The minimum Gasteiger partial charge on any atom is -0.270 e. The molecule has 0 radical (unpaired) electrons. The van der Waals surface area contributed by atoms with Crippen molar-refractivity contribution < 1.29 is 0 Å². The monoisotopic (exact) mass is 178 g/mol. The fourth-order valence-corrected chi connectivity index (χ4v) is 1.03. The second-order valence-electron chi connectivity index (χ2n) is 2.26. The molecule has 0 N–H and O–H groups in total. The summed E-state index contributed by atoms with van der Waals surface area (Å²) < 4.78 is 1.89. The van der Waals surface area contributed by atoms with Gasteiger partial charge in [0, 0.05) is 18.8 Å². The number of hydrogen-bond acceptors (Lipinski definition) is 3. The Balaban J connectivity index is 0.000000396. The summed E-state index contributed by atoms with van der Waals surface area (Å²) in [6.45, 7) is 6.05. The molecule has 2 heterocycles. The quantitative estimate of drug-likeness (QED) is 0.667. The highest BCUT2D eigenvalue weighted by Gasteiger charge is 2.00. The third-order valence-corrected chi connectivity index (χ3v) is 1.58. The maximum atomic E-state index is 4.04. The molecular formula is C9H14N4. The molecule has 0 aliphatic heterocycles. The van der Waals surface area contributed by atoms with Crippen molar-refractivity contribution in [2.45, 2.75) is 27.2 Å². The lowest BCUT2D eigenvalue weighted by atomic mass is 10.4. The molecule has 0 saturated carbocycles. The van der Waals surface area contributed by atoms with Crippen LogP contribution >= 0.6 is 0 Å². The van der Waals surface area contributed by atoms with Gasteiger partial charge in [-0.2, -0.15) is 0 Å². The van der Waals surface area contributed by atoms with Crippen molar-refractivity contribution in [1.82, 2.24) is 19.6 Å². The molecule has 0 aromatic carbocycles. The van der Waals surface area contributed by atoms with E-state index in [-0.39, 0.29) is 0 Å². The normalized spacial score (nSPS) is 9.46. The zero-order chi connectivity index (χ0) is 9.68. The summed E-state index contributed by atoms with van der Waals surface area (Å²) in [5.74, 6) is 1.62. The van der Waals surface area contributed by atoms with Crippen molar-refractivity contribution in [3.05, 3.63) is 24.3 Å². The Morgan fingerprint density at radius 1 is 1.31 bits per heavy atom. The third kappa shape index (κ3) is 1.83. The van der Waals surface area contributed by atoms with Crippen LogP contribution in [0.4, 0.5) is 0 Å². The van der Waals surface area contributed by atoms with E-state index in [4.69, 9.17) is 0 Å². The molecule has 0 saturated heterocycles. The fraction of sp³-hybridized carbons (Fsp3) is 0.444. The first kappa shape index (κ1) is 9.64. The first-order valence-electron chi connectivity index (χ1n) is 4.56. The van der Waals surface area contributed by atoms with Gasteiger partial charge in [-0.05, 0) is 6.07 Å². The van der Waals surface area contributed by atoms with E-state index in [0.717, 1.165) is 12.2 Å². The van der Waals surface area contributed by atoms with Gasteiger partial charge in [0.05, 0.1) is 0 Å². The number of aromatic nitrogens is 4. The van der Waals surface area contributed by atoms with Gasteiger partial charge in [-0.1, -0.05) is 20.8 Å². The van der Waals surface area contributed by atoms with Crippen molar-refractivity contribution >= 4 is 5.78 Å². The Morgan fingerprint density at radius 2 is 2.08 bits per heavy atom. The molecule has 0 amide bonds. The molecule has 2 rings (SSSR count). The average Bonchev–Trinajstić information content (AvgIpc) is 2.64. The van der Waals surface area contributed by atoms with E-state index < -0.39 is 0 Å². The minimum absolute atomic E-state index is 0.671. The van der Waals surface area contributed by atoms with Crippen molar-refractivity contribution in [3.63, 3.8) is 0 Å². The SMILES string of the molecule is CC.CCc1nnc2ncccn12. The van der Waals surface area contributed by atoms with Gasteiger partial charge in [-0.25, -0.2) is 4.98 Å². The Labute approximate surface area is 77.6 Å². The van der Waals surface area contributed by atoms with E-state index in [1.807, 2.05) is 37.4 Å². The fourth-order valence-electron chi connectivity index (χ4n) is 1.03. The highest BCUT2D eigenvalue weighted by molar-refractivity contribution is 5.25. The van der Waals surface area contributed by atoms with Gasteiger partial charge < -0.3 is 0 Å². The van der Waals surface area contributed by atoms with E-state index >= 15 is 0 Å². The average molecular weight is 178 g/mol. The molecule has 0 aliphatic carbocycles. The molecule has 0 bridgehead atoms. The predicted molar refractivity (Wildman–Crippen MR) is 51.5 cm³/mol. The van der Waals surface area contributed by atoms with Crippen LogP contribution in [0.5, 0.6) is 0 Å². The molecule has 0 aliphatic rings. The maximum Gasteiger partial charge on any atom is 0.254 e. The van der Waals surface area contributed by atoms with Gasteiger partial charge >= 0.3 is 0 Å². The van der Waals surface area contributed by atoms with Crippen LogP contribution in [-0.4, -0.2) is 19.6 Å². The number of nitrogens with zero attached hydrogens (tertiary/aromatic N) is 4. The summed E-state index contributed by atoms with van der Waals surface area (Å²) in [5.41, 5.74) is 0. The van der Waals surface area contributed by atoms with Gasteiger partial charge in [0.2, 0.25) is 0 Å². The Kier molecular flexibility index (Phi) is 3.37. The highest BCUT2D eigenvalue weighted by atomic mass is 15.3. The van der Waals surface area contributed by atoms with Gasteiger partial charge in [0.15, 0.2) is 0 Å². The number of rotatable bonds is 1. The molecule has 4 nitrogen and oxygen atoms in total. The molecule has 4 heteroatoms. The first-order valence-corrected chi connectivity index (χ1v) is 4.56. The molecular weight excluding hydrogens is 164 g/mol. The van der Waals surface area contributed by atoms with Crippen LogP contribution in [0.15, 0.2) is 18.5 Å². The molecule has 0 fully saturated rings. The van der Waals surface area contributed by atoms with Gasteiger partial charge in [-0.3, -0.25) is 4.40 Å². The highest BCUT2D eigenvalue weighted by Crippen LogP contribution is 1.98.